The van der Waals surface area contributed by atoms with Crippen molar-refractivity contribution in [3.8, 4) is 11.5 Å². The van der Waals surface area contributed by atoms with E-state index < -0.39 is 5.25 Å². The van der Waals surface area contributed by atoms with E-state index in [-0.39, 0.29) is 11.1 Å². The summed E-state index contributed by atoms with van der Waals surface area (Å²) >= 11 is 13.2. The number of thioether (sulfide) groups is 1. The molecule has 1 N–H and O–H groups in total. The van der Waals surface area contributed by atoms with Crippen molar-refractivity contribution in [2.75, 3.05) is 5.32 Å². The van der Waals surface area contributed by atoms with Crippen LogP contribution in [0.5, 0.6) is 0 Å². The molecule has 0 aliphatic rings. The lowest BCUT2D eigenvalue weighted by Crippen LogP contribution is -2.22. The van der Waals surface area contributed by atoms with Crippen molar-refractivity contribution in [1.29, 1.82) is 0 Å². The molecule has 0 fully saturated rings. The van der Waals surface area contributed by atoms with Gasteiger partial charge in [-0.1, -0.05) is 41.0 Å². The summed E-state index contributed by atoms with van der Waals surface area (Å²) in [6.45, 7) is 3.53. The van der Waals surface area contributed by atoms with E-state index in [9.17, 15) is 4.79 Å². The Morgan fingerprint density at radius 2 is 2.08 bits per heavy atom. The lowest BCUT2D eigenvalue weighted by atomic mass is 10.3. The summed E-state index contributed by atoms with van der Waals surface area (Å²) in [6, 6.07) is 6.78. The summed E-state index contributed by atoms with van der Waals surface area (Å²) in [7, 11) is 0. The van der Waals surface area contributed by atoms with Crippen molar-refractivity contribution >= 4 is 46.6 Å². The molecule has 0 radical (unpaired) electrons. The van der Waals surface area contributed by atoms with Crippen LogP contribution in [0.4, 0.5) is 5.69 Å². The van der Waals surface area contributed by atoms with E-state index in [2.05, 4.69) is 15.5 Å². The normalized spacial score (nSPS) is 12.2. The highest BCUT2D eigenvalue weighted by molar-refractivity contribution is 8.00. The van der Waals surface area contributed by atoms with Crippen molar-refractivity contribution in [2.24, 2.45) is 0 Å². The van der Waals surface area contributed by atoms with Crippen LogP contribution in [0.1, 0.15) is 12.7 Å². The summed E-state index contributed by atoms with van der Waals surface area (Å²) in [4.78, 5) is 12.3. The fourth-order valence-electron chi connectivity index (χ4n) is 2.01. The number of hydrogen-bond acceptors (Lipinski definition) is 6. The first-order valence-electron chi connectivity index (χ1n) is 7.25. The Morgan fingerprint density at radius 3 is 2.80 bits per heavy atom. The molecule has 0 aliphatic heterocycles. The second kappa shape index (κ2) is 7.51. The molecule has 0 saturated carbocycles. The predicted octanol–water partition coefficient (Wildman–Crippen LogP) is 5.06. The summed E-state index contributed by atoms with van der Waals surface area (Å²) in [5, 5.41) is 11.1. The highest BCUT2D eigenvalue weighted by Crippen LogP contribution is 2.31. The minimum absolute atomic E-state index is 0.256. The van der Waals surface area contributed by atoms with Gasteiger partial charge in [0.25, 0.3) is 11.1 Å². The van der Waals surface area contributed by atoms with Crippen LogP contribution in [0.2, 0.25) is 10.0 Å². The molecule has 0 saturated heterocycles. The molecular weight excluding hydrogens is 385 g/mol. The highest BCUT2D eigenvalue weighted by Gasteiger charge is 2.20. The number of benzene rings is 1. The lowest BCUT2D eigenvalue weighted by Gasteiger charge is -2.11. The first-order valence-corrected chi connectivity index (χ1v) is 8.88. The maximum Gasteiger partial charge on any atom is 0.277 e. The Hall–Kier alpha value is -1.96. The first-order chi connectivity index (χ1) is 12.0. The van der Waals surface area contributed by atoms with E-state index in [1.54, 1.807) is 44.4 Å². The zero-order valence-corrected chi connectivity index (χ0v) is 15.6. The van der Waals surface area contributed by atoms with Gasteiger partial charge in [-0.05, 0) is 32.0 Å². The third-order valence-electron chi connectivity index (χ3n) is 3.35. The lowest BCUT2D eigenvalue weighted by molar-refractivity contribution is -0.115. The van der Waals surface area contributed by atoms with Gasteiger partial charge in [-0.25, -0.2) is 0 Å². The Bertz CT molecular complexity index is 910. The topological polar surface area (TPSA) is 81.2 Å². The van der Waals surface area contributed by atoms with E-state index in [1.165, 1.54) is 0 Å². The molecule has 6 nitrogen and oxygen atoms in total. The Labute approximate surface area is 157 Å². The zero-order chi connectivity index (χ0) is 18.0. The Kier molecular flexibility index (Phi) is 5.36. The predicted molar refractivity (Wildman–Crippen MR) is 97.1 cm³/mol. The number of aromatic nitrogens is 2. The van der Waals surface area contributed by atoms with E-state index in [4.69, 9.17) is 32.0 Å². The molecule has 9 heteroatoms. The van der Waals surface area contributed by atoms with Gasteiger partial charge in [-0.2, -0.15) is 0 Å². The van der Waals surface area contributed by atoms with Crippen molar-refractivity contribution < 1.29 is 13.6 Å². The number of hydrogen-bond donors (Lipinski definition) is 1. The molecule has 1 amide bonds. The number of furan rings is 1. The summed E-state index contributed by atoms with van der Waals surface area (Å²) < 4.78 is 10.8. The molecular formula is C16H13Cl2N3O3S. The van der Waals surface area contributed by atoms with Gasteiger partial charge in [0.05, 0.1) is 32.8 Å². The highest BCUT2D eigenvalue weighted by atomic mass is 35.5. The number of nitrogens with one attached hydrogen (secondary N) is 1. The number of carbonyl (C=O) groups excluding carboxylic acids is 1. The maximum atomic E-state index is 12.3. The van der Waals surface area contributed by atoms with Crippen LogP contribution in [0.15, 0.2) is 44.6 Å². The molecule has 0 spiro atoms. The molecule has 130 valence electrons. The van der Waals surface area contributed by atoms with Gasteiger partial charge in [-0.15, -0.1) is 10.2 Å². The molecule has 3 aromatic rings. The van der Waals surface area contributed by atoms with E-state index >= 15 is 0 Å². The van der Waals surface area contributed by atoms with Gasteiger partial charge in [0.2, 0.25) is 5.91 Å². The first kappa shape index (κ1) is 17.8. The molecule has 1 atom stereocenters. The Balaban J connectivity index is 1.67. The smallest absolute Gasteiger partial charge is 0.277 e. The van der Waals surface area contributed by atoms with Crippen LogP contribution in [0.3, 0.4) is 0 Å². The van der Waals surface area contributed by atoms with Gasteiger partial charge >= 0.3 is 0 Å². The standard InChI is InChI=1S/C16H13Cl2N3O3S/c1-8-10(6-7-23-8)15-20-21-16(24-15)25-9(2)14(22)19-12-5-3-4-11(17)13(12)18/h3-7,9H,1-2H3,(H,19,22). The van der Waals surface area contributed by atoms with Gasteiger partial charge in [0.1, 0.15) is 5.76 Å². The quantitative estimate of drug-likeness (QED) is 0.605. The number of amides is 1. The van der Waals surface area contributed by atoms with Crippen LogP contribution in [0.25, 0.3) is 11.5 Å². The minimum atomic E-state index is -0.478. The second-order valence-corrected chi connectivity index (χ2v) is 7.19. The molecule has 1 unspecified atom stereocenters. The monoisotopic (exact) mass is 397 g/mol. The molecule has 2 heterocycles. The summed E-state index contributed by atoms with van der Waals surface area (Å²) in [5.74, 6) is 0.772. The van der Waals surface area contributed by atoms with Crippen LogP contribution in [-0.2, 0) is 4.79 Å². The zero-order valence-electron chi connectivity index (χ0n) is 13.2. The number of nitrogens with zero attached hydrogens (tertiary/aromatic N) is 2. The maximum absolute atomic E-state index is 12.3. The third-order valence-corrected chi connectivity index (χ3v) is 5.11. The van der Waals surface area contributed by atoms with E-state index in [0.717, 1.165) is 17.3 Å². The van der Waals surface area contributed by atoms with Crippen LogP contribution in [-0.4, -0.2) is 21.4 Å². The average molecular weight is 398 g/mol. The van der Waals surface area contributed by atoms with Gasteiger partial charge in [0, 0.05) is 0 Å². The van der Waals surface area contributed by atoms with Crippen LogP contribution >= 0.6 is 35.0 Å². The van der Waals surface area contributed by atoms with Gasteiger partial charge in [0.15, 0.2) is 0 Å². The molecule has 0 bridgehead atoms. The fourth-order valence-corrected chi connectivity index (χ4v) is 3.04. The molecule has 1 aromatic carbocycles. The SMILES string of the molecule is Cc1occc1-c1nnc(SC(C)C(=O)Nc2cccc(Cl)c2Cl)o1. The van der Waals surface area contributed by atoms with Gasteiger partial charge in [-0.3, -0.25) is 4.79 Å². The number of anilines is 1. The number of carbonyl (C=O) groups is 1. The molecule has 0 aliphatic carbocycles. The fraction of sp³-hybridized carbons (Fsp3) is 0.188. The van der Waals surface area contributed by atoms with Crippen molar-refractivity contribution in [1.82, 2.24) is 10.2 Å². The second-order valence-electron chi connectivity index (χ2n) is 5.11. The van der Waals surface area contributed by atoms with Crippen LogP contribution in [0, 0.1) is 6.92 Å². The minimum Gasteiger partial charge on any atom is -0.469 e. The Morgan fingerprint density at radius 1 is 1.28 bits per heavy atom. The largest absolute Gasteiger partial charge is 0.469 e. The molecule has 25 heavy (non-hydrogen) atoms. The van der Waals surface area contributed by atoms with Crippen molar-refractivity contribution in [2.45, 2.75) is 24.3 Å². The van der Waals surface area contributed by atoms with E-state index in [0.29, 0.717) is 27.4 Å². The molecule has 2 aromatic heterocycles. The van der Waals surface area contributed by atoms with E-state index in [1.807, 2.05) is 0 Å². The summed E-state index contributed by atoms with van der Waals surface area (Å²) in [5.41, 5.74) is 1.18. The van der Waals surface area contributed by atoms with Crippen molar-refractivity contribution in [3.05, 3.63) is 46.3 Å². The number of rotatable bonds is 5. The van der Waals surface area contributed by atoms with Crippen molar-refractivity contribution in [3.63, 3.8) is 0 Å². The van der Waals surface area contributed by atoms with Gasteiger partial charge < -0.3 is 14.2 Å². The molecule has 3 rings (SSSR count). The number of aryl methyl sites for hydroxylation is 1. The average Bonchev–Trinajstić information content (AvgIpc) is 3.20. The third kappa shape index (κ3) is 4.00. The summed E-state index contributed by atoms with van der Waals surface area (Å²) in [6.07, 6.45) is 1.55. The number of halogens is 2. The van der Waals surface area contributed by atoms with Crippen LogP contribution < -0.4 is 5.32 Å².